The molecule has 0 unspecified atom stereocenters. The number of hydrogen-bond acceptors (Lipinski definition) is 4. The van der Waals surface area contributed by atoms with Crippen molar-refractivity contribution >= 4 is 34.8 Å². The molecule has 1 N–H and O–H groups in total. The summed E-state index contributed by atoms with van der Waals surface area (Å²) in [6.07, 6.45) is 0.639. The smallest absolute Gasteiger partial charge is 0.252 e. The molecule has 0 saturated carbocycles. The van der Waals surface area contributed by atoms with E-state index in [2.05, 4.69) is 5.32 Å². The van der Waals surface area contributed by atoms with Gasteiger partial charge in [-0.15, -0.1) is 0 Å². The third-order valence-corrected chi connectivity index (χ3v) is 5.48. The maximum atomic E-state index is 13.1. The first-order valence-corrected chi connectivity index (χ1v) is 10.1. The van der Waals surface area contributed by atoms with Crippen molar-refractivity contribution in [2.24, 2.45) is 0 Å². The first-order valence-electron chi connectivity index (χ1n) is 9.73. The predicted octanol–water partition coefficient (Wildman–Crippen LogP) is 3.22. The summed E-state index contributed by atoms with van der Waals surface area (Å²) >= 11 is 5.50. The highest BCUT2D eigenvalue weighted by atomic mass is 32.1. The van der Waals surface area contributed by atoms with Crippen LogP contribution in [0.4, 0.5) is 10.1 Å². The van der Waals surface area contributed by atoms with Gasteiger partial charge in [-0.2, -0.15) is 0 Å². The predicted molar refractivity (Wildman–Crippen MR) is 117 cm³/mol. The molecule has 2 aromatic carbocycles. The van der Waals surface area contributed by atoms with Gasteiger partial charge in [0.2, 0.25) is 5.91 Å². The highest BCUT2D eigenvalue weighted by molar-refractivity contribution is 7.80. The van der Waals surface area contributed by atoms with E-state index in [0.29, 0.717) is 30.3 Å². The lowest BCUT2D eigenvalue weighted by Crippen LogP contribution is -2.39. The van der Waals surface area contributed by atoms with Crippen LogP contribution in [0.3, 0.4) is 0 Å². The minimum absolute atomic E-state index is 0.0323. The summed E-state index contributed by atoms with van der Waals surface area (Å²) < 4.78 is 18.2. The Bertz CT molecular complexity index is 918. The summed E-state index contributed by atoms with van der Waals surface area (Å²) in [5.74, 6) is -0.104. The Labute approximate surface area is 180 Å². The van der Waals surface area contributed by atoms with E-state index in [9.17, 15) is 14.0 Å². The molecule has 0 aliphatic carbocycles. The van der Waals surface area contributed by atoms with Gasteiger partial charge < -0.3 is 15.0 Å². The molecule has 8 heteroatoms. The van der Waals surface area contributed by atoms with Crippen LogP contribution in [0.15, 0.2) is 48.5 Å². The lowest BCUT2D eigenvalue weighted by atomic mass is 10.1. The minimum Gasteiger partial charge on any atom is -0.497 e. The summed E-state index contributed by atoms with van der Waals surface area (Å²) in [5.41, 5.74) is 1.56. The molecule has 2 aromatic rings. The number of thiocarbonyl (C=S) groups is 1. The standard InChI is InChI=1S/C22H24FN3O3S/c1-3-25-21(28)19(14-20(27)24-17-8-6-16(23)7-9-17)26(22(25)30)13-12-15-4-10-18(29-2)11-5-15/h4-11,19H,3,12-14H2,1-2H3,(H,24,27)/t19-/m0/s1. The first kappa shape index (κ1) is 21.7. The van der Waals surface area contributed by atoms with E-state index >= 15 is 0 Å². The fourth-order valence-electron chi connectivity index (χ4n) is 3.40. The van der Waals surface area contributed by atoms with Crippen LogP contribution in [-0.4, -0.2) is 53.0 Å². The summed E-state index contributed by atoms with van der Waals surface area (Å²) in [6, 6.07) is 12.5. The molecule has 2 amide bonds. The summed E-state index contributed by atoms with van der Waals surface area (Å²) in [6.45, 7) is 2.82. The normalized spacial score (nSPS) is 16.2. The zero-order valence-corrected chi connectivity index (χ0v) is 17.7. The average Bonchev–Trinajstić information content (AvgIpc) is 2.97. The number of halogens is 1. The molecular weight excluding hydrogens is 405 g/mol. The Kier molecular flexibility index (Phi) is 6.99. The molecule has 6 nitrogen and oxygen atoms in total. The van der Waals surface area contributed by atoms with Crippen molar-refractivity contribution in [2.75, 3.05) is 25.5 Å². The van der Waals surface area contributed by atoms with Crippen LogP contribution < -0.4 is 10.1 Å². The van der Waals surface area contributed by atoms with E-state index in [4.69, 9.17) is 17.0 Å². The zero-order chi connectivity index (χ0) is 21.7. The molecule has 158 valence electrons. The summed E-state index contributed by atoms with van der Waals surface area (Å²) in [4.78, 5) is 28.7. The number of likely N-dealkylation sites (N-methyl/N-ethyl adjacent to an activating group) is 1. The second kappa shape index (κ2) is 9.67. The lowest BCUT2D eigenvalue weighted by Gasteiger charge is -2.23. The van der Waals surface area contributed by atoms with Crippen LogP contribution in [0.25, 0.3) is 0 Å². The maximum absolute atomic E-state index is 13.1. The molecule has 1 fully saturated rings. The second-order valence-electron chi connectivity index (χ2n) is 6.93. The number of methoxy groups -OCH3 is 1. The Morgan fingerprint density at radius 2 is 1.83 bits per heavy atom. The minimum atomic E-state index is -0.656. The van der Waals surface area contributed by atoms with E-state index in [0.717, 1.165) is 11.3 Å². The first-order chi connectivity index (χ1) is 14.4. The Morgan fingerprint density at radius 3 is 2.43 bits per heavy atom. The van der Waals surface area contributed by atoms with Crippen molar-refractivity contribution in [3.63, 3.8) is 0 Å². The van der Waals surface area contributed by atoms with Gasteiger partial charge in [-0.1, -0.05) is 12.1 Å². The van der Waals surface area contributed by atoms with E-state index in [-0.39, 0.29) is 24.1 Å². The molecule has 0 spiro atoms. The number of benzene rings is 2. The Balaban J connectivity index is 1.68. The van der Waals surface area contributed by atoms with Gasteiger partial charge in [-0.05, 0) is 67.5 Å². The van der Waals surface area contributed by atoms with E-state index < -0.39 is 6.04 Å². The number of anilines is 1. The van der Waals surface area contributed by atoms with Crippen molar-refractivity contribution in [3.8, 4) is 5.75 Å². The number of carbonyl (C=O) groups excluding carboxylic acids is 2. The van der Waals surface area contributed by atoms with Crippen LogP contribution in [-0.2, 0) is 16.0 Å². The SMILES string of the molecule is CCN1C(=O)[C@H](CC(=O)Nc2ccc(F)cc2)N(CCc2ccc(OC)cc2)C1=S. The quantitative estimate of drug-likeness (QED) is 0.653. The Morgan fingerprint density at radius 1 is 1.17 bits per heavy atom. The highest BCUT2D eigenvalue weighted by Crippen LogP contribution is 2.22. The van der Waals surface area contributed by atoms with Gasteiger partial charge in [0.1, 0.15) is 17.6 Å². The second-order valence-corrected chi connectivity index (χ2v) is 7.30. The largest absolute Gasteiger partial charge is 0.497 e. The third kappa shape index (κ3) is 4.94. The molecule has 1 aliphatic rings. The average molecular weight is 430 g/mol. The number of ether oxygens (including phenoxy) is 1. The zero-order valence-electron chi connectivity index (χ0n) is 16.9. The molecule has 1 atom stereocenters. The molecule has 1 heterocycles. The van der Waals surface area contributed by atoms with Crippen LogP contribution in [0.1, 0.15) is 18.9 Å². The molecule has 0 radical (unpaired) electrons. The van der Waals surface area contributed by atoms with E-state index in [1.165, 1.54) is 29.2 Å². The van der Waals surface area contributed by atoms with Gasteiger partial charge in [0.05, 0.1) is 13.5 Å². The van der Waals surface area contributed by atoms with Crippen molar-refractivity contribution in [3.05, 3.63) is 59.9 Å². The van der Waals surface area contributed by atoms with Crippen LogP contribution in [0.5, 0.6) is 5.75 Å². The molecule has 1 saturated heterocycles. The number of amides is 2. The summed E-state index contributed by atoms with van der Waals surface area (Å²) in [5, 5.41) is 3.15. The van der Waals surface area contributed by atoms with Gasteiger partial charge in [-0.3, -0.25) is 14.5 Å². The number of rotatable bonds is 8. The van der Waals surface area contributed by atoms with Gasteiger partial charge in [0, 0.05) is 18.8 Å². The maximum Gasteiger partial charge on any atom is 0.252 e. The van der Waals surface area contributed by atoms with E-state index in [1.807, 2.05) is 36.1 Å². The van der Waals surface area contributed by atoms with Crippen molar-refractivity contribution < 1.29 is 18.7 Å². The lowest BCUT2D eigenvalue weighted by molar-refractivity contribution is -0.130. The molecular formula is C22H24FN3O3S. The van der Waals surface area contributed by atoms with Crippen molar-refractivity contribution in [2.45, 2.75) is 25.8 Å². The van der Waals surface area contributed by atoms with Gasteiger partial charge in [0.15, 0.2) is 5.11 Å². The molecule has 0 aromatic heterocycles. The number of hydrogen-bond donors (Lipinski definition) is 1. The number of nitrogens with zero attached hydrogens (tertiary/aromatic N) is 2. The summed E-state index contributed by atoms with van der Waals surface area (Å²) in [7, 11) is 1.62. The van der Waals surface area contributed by atoms with Gasteiger partial charge in [-0.25, -0.2) is 4.39 Å². The van der Waals surface area contributed by atoms with E-state index in [1.54, 1.807) is 7.11 Å². The van der Waals surface area contributed by atoms with Gasteiger partial charge >= 0.3 is 0 Å². The fourth-order valence-corrected chi connectivity index (χ4v) is 3.84. The van der Waals surface area contributed by atoms with Crippen LogP contribution >= 0.6 is 12.2 Å². The number of nitrogens with one attached hydrogen (secondary N) is 1. The topological polar surface area (TPSA) is 61.9 Å². The monoisotopic (exact) mass is 429 g/mol. The highest BCUT2D eigenvalue weighted by Gasteiger charge is 2.42. The molecule has 3 rings (SSSR count). The fraction of sp³-hybridized carbons (Fsp3) is 0.318. The van der Waals surface area contributed by atoms with Crippen molar-refractivity contribution in [1.82, 2.24) is 9.80 Å². The molecule has 0 bridgehead atoms. The van der Waals surface area contributed by atoms with Crippen molar-refractivity contribution in [1.29, 1.82) is 0 Å². The number of carbonyl (C=O) groups is 2. The van der Waals surface area contributed by atoms with Crippen LogP contribution in [0.2, 0.25) is 0 Å². The Hall–Kier alpha value is -3.00. The van der Waals surface area contributed by atoms with Crippen LogP contribution in [0, 0.1) is 5.82 Å². The molecule has 30 heavy (non-hydrogen) atoms. The van der Waals surface area contributed by atoms with Gasteiger partial charge in [0.25, 0.3) is 5.91 Å². The molecule has 1 aliphatic heterocycles. The third-order valence-electron chi connectivity index (χ3n) is 5.03.